The van der Waals surface area contributed by atoms with E-state index in [9.17, 15) is 22.0 Å². The van der Waals surface area contributed by atoms with Crippen molar-refractivity contribution >= 4 is 32.5 Å². The van der Waals surface area contributed by atoms with Gasteiger partial charge in [-0.2, -0.15) is 0 Å². The molecular weight excluding hydrogens is 438 g/mol. The van der Waals surface area contributed by atoms with Gasteiger partial charge in [0.15, 0.2) is 9.84 Å². The van der Waals surface area contributed by atoms with Crippen LogP contribution >= 0.6 is 0 Å². The van der Waals surface area contributed by atoms with Gasteiger partial charge < -0.3 is 15.2 Å². The van der Waals surface area contributed by atoms with Gasteiger partial charge in [-0.05, 0) is 24.3 Å². The summed E-state index contributed by atoms with van der Waals surface area (Å²) in [5.41, 5.74) is 6.64. The zero-order chi connectivity index (χ0) is 23.1. The molecule has 1 aliphatic rings. The van der Waals surface area contributed by atoms with Crippen LogP contribution in [0, 0.1) is 5.41 Å². The highest BCUT2D eigenvalue weighted by Crippen LogP contribution is 2.30. The van der Waals surface area contributed by atoms with Crippen molar-refractivity contribution in [3.63, 3.8) is 0 Å². The second kappa shape index (κ2) is 8.01. The molecule has 1 aliphatic heterocycles. The molecule has 0 radical (unpaired) electrons. The Morgan fingerprint density at radius 1 is 1.12 bits per heavy atom. The van der Waals surface area contributed by atoms with E-state index in [-0.39, 0.29) is 35.3 Å². The summed E-state index contributed by atoms with van der Waals surface area (Å²) < 4.78 is 54.5. The Kier molecular flexibility index (Phi) is 5.49. The van der Waals surface area contributed by atoms with Crippen molar-refractivity contribution in [1.29, 1.82) is 5.41 Å². The van der Waals surface area contributed by atoms with E-state index in [4.69, 9.17) is 11.1 Å². The van der Waals surface area contributed by atoms with E-state index in [1.54, 1.807) is 42.5 Å². The van der Waals surface area contributed by atoms with Crippen LogP contribution in [0.15, 0.2) is 59.5 Å². The number of nitrogens with two attached hydrogens (primary N) is 1. The molecule has 168 valence electrons. The lowest BCUT2D eigenvalue weighted by atomic mass is 10.1. The number of aryl methyl sites for hydroxylation is 1. The molecule has 0 saturated carbocycles. The molecule has 10 heteroatoms. The maximum Gasteiger partial charge on any atom is 0.270 e. The monoisotopic (exact) mass is 460 g/mol. The third kappa shape index (κ3) is 4.22. The van der Waals surface area contributed by atoms with Crippen molar-refractivity contribution in [3.05, 3.63) is 65.9 Å². The van der Waals surface area contributed by atoms with Gasteiger partial charge in [0.1, 0.15) is 11.5 Å². The van der Waals surface area contributed by atoms with Gasteiger partial charge >= 0.3 is 0 Å². The number of rotatable bonds is 6. The summed E-state index contributed by atoms with van der Waals surface area (Å²) in [6.45, 7) is -0.809. The molecule has 2 heterocycles. The minimum Gasteiger partial charge on any atom is -0.384 e. The van der Waals surface area contributed by atoms with Crippen molar-refractivity contribution in [2.45, 2.75) is 23.8 Å². The molecule has 3 N–H and O–H groups in total. The fraction of sp³-hybridized carbons (Fsp3) is 0.273. The first-order valence-electron chi connectivity index (χ1n) is 10.00. The molecule has 1 fully saturated rings. The predicted molar refractivity (Wildman–Crippen MR) is 117 cm³/mol. The summed E-state index contributed by atoms with van der Waals surface area (Å²) in [6, 6.07) is 14.4. The second-order valence-corrected chi connectivity index (χ2v) is 9.94. The number of benzene rings is 2. The maximum absolute atomic E-state index is 13.7. The molecule has 0 aliphatic carbocycles. The van der Waals surface area contributed by atoms with E-state index in [2.05, 4.69) is 0 Å². The average Bonchev–Trinajstić information content (AvgIpc) is 3.31. The standard InChI is InChI=1S/C22H22F2N4O3S/c23-22(24)8-9-27(14-22)21(29)19-12-15-6-7-16(20(25)26)13-18(15)28(19)10-11-32(30,31)17-4-2-1-3-5-17/h1-7,12-13H,8-11,14H2,(H3,25,26). The van der Waals surface area contributed by atoms with Crippen LogP contribution in [0.25, 0.3) is 10.9 Å². The summed E-state index contributed by atoms with van der Waals surface area (Å²) in [4.78, 5) is 14.3. The number of likely N-dealkylation sites (tertiary alicyclic amines) is 1. The number of hydrogen-bond acceptors (Lipinski definition) is 4. The Hall–Kier alpha value is -3.27. The fourth-order valence-electron chi connectivity index (χ4n) is 3.87. The van der Waals surface area contributed by atoms with Crippen LogP contribution in [-0.2, 0) is 16.4 Å². The van der Waals surface area contributed by atoms with Gasteiger partial charge in [-0.3, -0.25) is 10.2 Å². The number of aromatic nitrogens is 1. The van der Waals surface area contributed by atoms with Crippen LogP contribution in [0.4, 0.5) is 8.78 Å². The van der Waals surface area contributed by atoms with Gasteiger partial charge in [-0.15, -0.1) is 0 Å². The molecule has 4 rings (SSSR count). The number of amides is 1. The number of carbonyl (C=O) groups is 1. The van der Waals surface area contributed by atoms with E-state index in [1.165, 1.54) is 16.7 Å². The van der Waals surface area contributed by atoms with Crippen molar-refractivity contribution in [1.82, 2.24) is 9.47 Å². The number of nitrogen functional groups attached to an aromatic ring is 1. The first-order chi connectivity index (χ1) is 15.1. The third-order valence-electron chi connectivity index (χ3n) is 5.58. The number of carbonyl (C=O) groups excluding carboxylic acids is 1. The Labute approximate surface area is 183 Å². The molecule has 7 nitrogen and oxygen atoms in total. The van der Waals surface area contributed by atoms with Gasteiger partial charge in [-0.25, -0.2) is 17.2 Å². The highest BCUT2D eigenvalue weighted by Gasteiger charge is 2.41. The van der Waals surface area contributed by atoms with Crippen LogP contribution in [0.5, 0.6) is 0 Å². The largest absolute Gasteiger partial charge is 0.384 e. The molecule has 0 bridgehead atoms. The Balaban J connectivity index is 1.74. The third-order valence-corrected chi connectivity index (χ3v) is 7.29. The lowest BCUT2D eigenvalue weighted by molar-refractivity contribution is 0.0119. The quantitative estimate of drug-likeness (QED) is 0.435. The van der Waals surface area contributed by atoms with E-state index in [0.717, 1.165) is 4.90 Å². The lowest BCUT2D eigenvalue weighted by Gasteiger charge is -2.18. The van der Waals surface area contributed by atoms with E-state index >= 15 is 0 Å². The van der Waals surface area contributed by atoms with Crippen molar-refractivity contribution in [2.75, 3.05) is 18.8 Å². The lowest BCUT2D eigenvalue weighted by Crippen LogP contribution is -2.33. The highest BCUT2D eigenvalue weighted by atomic mass is 32.2. The van der Waals surface area contributed by atoms with Gasteiger partial charge in [0.05, 0.1) is 17.2 Å². The number of halogens is 2. The van der Waals surface area contributed by atoms with Crippen LogP contribution < -0.4 is 5.73 Å². The molecule has 3 aromatic rings. The zero-order valence-corrected chi connectivity index (χ0v) is 17.9. The van der Waals surface area contributed by atoms with Crippen LogP contribution in [0.1, 0.15) is 22.5 Å². The number of sulfone groups is 1. The number of alkyl halides is 2. The van der Waals surface area contributed by atoms with Crippen molar-refractivity contribution < 1.29 is 22.0 Å². The Bertz CT molecular complexity index is 1300. The van der Waals surface area contributed by atoms with Crippen LogP contribution in [0.2, 0.25) is 0 Å². The molecule has 32 heavy (non-hydrogen) atoms. The molecule has 0 unspecified atom stereocenters. The van der Waals surface area contributed by atoms with E-state index in [0.29, 0.717) is 16.5 Å². The first-order valence-corrected chi connectivity index (χ1v) is 11.7. The van der Waals surface area contributed by atoms with Crippen LogP contribution in [-0.4, -0.2) is 54.4 Å². The Morgan fingerprint density at radius 2 is 1.84 bits per heavy atom. The number of nitrogens with zero attached hydrogens (tertiary/aromatic N) is 2. The Morgan fingerprint density at radius 3 is 2.47 bits per heavy atom. The second-order valence-electron chi connectivity index (χ2n) is 7.83. The van der Waals surface area contributed by atoms with Crippen molar-refractivity contribution in [2.24, 2.45) is 5.73 Å². The van der Waals surface area contributed by atoms with Crippen molar-refractivity contribution in [3.8, 4) is 0 Å². The SMILES string of the molecule is N=C(N)c1ccc2cc(C(=O)N3CCC(F)(F)C3)n(CCS(=O)(=O)c3ccccc3)c2c1. The molecular formula is C22H22F2N4O3S. The number of amidine groups is 1. The maximum atomic E-state index is 13.7. The zero-order valence-electron chi connectivity index (χ0n) is 17.1. The minimum absolute atomic E-state index is 0.0621. The molecule has 2 aromatic carbocycles. The van der Waals surface area contributed by atoms with E-state index in [1.807, 2.05) is 0 Å². The highest BCUT2D eigenvalue weighted by molar-refractivity contribution is 7.91. The summed E-state index contributed by atoms with van der Waals surface area (Å²) in [6.07, 6.45) is -0.407. The van der Waals surface area contributed by atoms with E-state index < -0.39 is 34.6 Å². The predicted octanol–water partition coefficient (Wildman–Crippen LogP) is 2.88. The van der Waals surface area contributed by atoms with Gasteiger partial charge in [0.2, 0.25) is 0 Å². The summed E-state index contributed by atoms with van der Waals surface area (Å²) in [5, 5.41) is 8.31. The summed E-state index contributed by atoms with van der Waals surface area (Å²) >= 11 is 0. The molecule has 0 atom stereocenters. The fourth-order valence-corrected chi connectivity index (χ4v) is 5.10. The van der Waals surface area contributed by atoms with Crippen LogP contribution in [0.3, 0.4) is 0 Å². The topological polar surface area (TPSA) is 109 Å². The van der Waals surface area contributed by atoms with Gasteiger partial charge in [0, 0.05) is 36.0 Å². The average molecular weight is 461 g/mol. The molecule has 1 amide bonds. The minimum atomic E-state index is -3.64. The summed E-state index contributed by atoms with van der Waals surface area (Å²) in [5.74, 6) is -3.99. The molecule has 0 spiro atoms. The van der Waals surface area contributed by atoms with Gasteiger partial charge in [-0.1, -0.05) is 30.3 Å². The molecule has 1 aromatic heterocycles. The number of hydrogen-bond donors (Lipinski definition) is 2. The molecule has 1 saturated heterocycles. The number of fused-ring (bicyclic) bond motifs is 1. The normalized spacial score (nSPS) is 15.9. The first kappa shape index (κ1) is 21.9. The number of nitrogens with one attached hydrogen (secondary N) is 1. The smallest absolute Gasteiger partial charge is 0.270 e. The summed E-state index contributed by atoms with van der Waals surface area (Å²) in [7, 11) is -3.64. The van der Waals surface area contributed by atoms with Gasteiger partial charge in [0.25, 0.3) is 11.8 Å².